The van der Waals surface area contributed by atoms with Gasteiger partial charge in [-0.2, -0.15) is 9.41 Å². The van der Waals surface area contributed by atoms with Gasteiger partial charge in [0.25, 0.3) is 5.69 Å². The van der Waals surface area contributed by atoms with Gasteiger partial charge in [0.05, 0.1) is 22.4 Å². The zero-order chi connectivity index (χ0) is 20.9. The van der Waals surface area contributed by atoms with Crippen LogP contribution in [0.1, 0.15) is 19.4 Å². The summed E-state index contributed by atoms with van der Waals surface area (Å²) in [5.74, 6) is -1.68. The van der Waals surface area contributed by atoms with Crippen molar-refractivity contribution in [2.24, 2.45) is 5.10 Å². The number of nitro groups is 1. The van der Waals surface area contributed by atoms with Crippen LogP contribution in [0.3, 0.4) is 0 Å². The van der Waals surface area contributed by atoms with E-state index in [1.807, 2.05) is 0 Å². The molecule has 0 aliphatic carbocycles. The third-order valence-electron chi connectivity index (χ3n) is 3.88. The molecule has 2 aromatic rings. The van der Waals surface area contributed by atoms with E-state index in [4.69, 9.17) is 0 Å². The van der Waals surface area contributed by atoms with Crippen molar-refractivity contribution in [3.63, 3.8) is 0 Å². The van der Waals surface area contributed by atoms with Gasteiger partial charge in [-0.25, -0.2) is 17.2 Å². The molecule has 150 valence electrons. The van der Waals surface area contributed by atoms with E-state index < -0.39 is 37.8 Å². The summed E-state index contributed by atoms with van der Waals surface area (Å²) in [5, 5.41) is 14.7. The minimum absolute atomic E-state index is 0.0644. The van der Waals surface area contributed by atoms with Crippen LogP contribution < -0.4 is 5.43 Å². The minimum Gasteiger partial charge on any atom is -0.277 e. The maximum absolute atomic E-state index is 13.6. The van der Waals surface area contributed by atoms with Crippen LogP contribution in [0.2, 0.25) is 0 Å². The van der Waals surface area contributed by atoms with Crippen molar-refractivity contribution in [3.8, 4) is 0 Å². The summed E-state index contributed by atoms with van der Waals surface area (Å²) in [6, 6.07) is 6.47. The molecule has 0 saturated carbocycles. The van der Waals surface area contributed by atoms with E-state index in [0.717, 1.165) is 34.8 Å². The Hall–Kier alpha value is -2.92. The fourth-order valence-electron chi connectivity index (χ4n) is 2.43. The molecule has 0 aliphatic heterocycles. The molecule has 28 heavy (non-hydrogen) atoms. The molecule has 0 saturated heterocycles. The third kappa shape index (κ3) is 4.49. The Bertz CT molecular complexity index is 988. The van der Waals surface area contributed by atoms with Gasteiger partial charge in [-0.15, -0.1) is 0 Å². The van der Waals surface area contributed by atoms with Crippen molar-refractivity contribution in [1.82, 2.24) is 4.31 Å². The molecular formula is C17H18F2N4O4S. The first-order valence-electron chi connectivity index (χ1n) is 8.24. The normalized spacial score (nSPS) is 11.9. The number of non-ortho nitro benzene ring substituents is 1. The molecule has 0 spiro atoms. The number of benzene rings is 2. The topological polar surface area (TPSA) is 105 Å². The highest BCUT2D eigenvalue weighted by molar-refractivity contribution is 7.89. The molecule has 0 aliphatic rings. The summed E-state index contributed by atoms with van der Waals surface area (Å²) in [4.78, 5) is 9.95. The lowest BCUT2D eigenvalue weighted by Gasteiger charge is -2.20. The zero-order valence-electron chi connectivity index (χ0n) is 15.1. The molecule has 0 amide bonds. The van der Waals surface area contributed by atoms with E-state index in [1.165, 1.54) is 12.1 Å². The summed E-state index contributed by atoms with van der Waals surface area (Å²) in [7, 11) is -4.05. The SMILES string of the molecule is CCN(CC)S(=O)(=O)c1cc([N+](=O)[O-])ccc1N/N=C\c1c(F)cccc1F. The molecule has 2 rings (SSSR count). The summed E-state index contributed by atoms with van der Waals surface area (Å²) < 4.78 is 54.1. The second-order valence-corrected chi connectivity index (χ2v) is 7.44. The van der Waals surface area contributed by atoms with Crippen LogP contribution in [0.15, 0.2) is 46.4 Å². The number of hydrogen-bond donors (Lipinski definition) is 1. The van der Waals surface area contributed by atoms with Gasteiger partial charge in [0, 0.05) is 25.2 Å². The fraction of sp³-hybridized carbons (Fsp3) is 0.235. The number of nitrogens with one attached hydrogen (secondary N) is 1. The smallest absolute Gasteiger partial charge is 0.270 e. The first-order valence-corrected chi connectivity index (χ1v) is 9.68. The maximum atomic E-state index is 13.6. The number of nitrogens with zero attached hydrogens (tertiary/aromatic N) is 3. The number of rotatable bonds is 8. The van der Waals surface area contributed by atoms with Crippen molar-refractivity contribution in [1.29, 1.82) is 0 Å². The molecule has 0 radical (unpaired) electrons. The Morgan fingerprint density at radius 2 is 1.79 bits per heavy atom. The predicted octanol–water partition coefficient (Wildman–Crippen LogP) is 3.35. The molecule has 2 aromatic carbocycles. The molecule has 0 unspecified atom stereocenters. The van der Waals surface area contributed by atoms with Crippen molar-refractivity contribution < 1.29 is 22.1 Å². The van der Waals surface area contributed by atoms with Gasteiger partial charge in [-0.3, -0.25) is 15.5 Å². The predicted molar refractivity (Wildman–Crippen MR) is 101 cm³/mol. The van der Waals surface area contributed by atoms with E-state index in [-0.39, 0.29) is 23.7 Å². The van der Waals surface area contributed by atoms with Crippen molar-refractivity contribution in [2.45, 2.75) is 18.7 Å². The quantitative estimate of drug-likeness (QED) is 0.407. The van der Waals surface area contributed by atoms with Gasteiger partial charge in [0.15, 0.2) is 0 Å². The van der Waals surface area contributed by atoms with Crippen LogP contribution in [0, 0.1) is 21.7 Å². The van der Waals surface area contributed by atoms with E-state index in [2.05, 4.69) is 10.5 Å². The first kappa shape index (κ1) is 21.4. The number of halogens is 2. The van der Waals surface area contributed by atoms with Crippen LogP contribution in [-0.2, 0) is 10.0 Å². The number of nitro benzene ring substituents is 1. The minimum atomic E-state index is -4.05. The van der Waals surface area contributed by atoms with E-state index >= 15 is 0 Å². The molecule has 0 aromatic heterocycles. The Balaban J connectivity index is 2.47. The highest BCUT2D eigenvalue weighted by Gasteiger charge is 2.27. The number of hydrazone groups is 1. The lowest BCUT2D eigenvalue weighted by Crippen LogP contribution is -2.31. The van der Waals surface area contributed by atoms with Gasteiger partial charge in [-0.1, -0.05) is 19.9 Å². The van der Waals surface area contributed by atoms with Crippen molar-refractivity contribution in [2.75, 3.05) is 18.5 Å². The molecular weight excluding hydrogens is 394 g/mol. The molecule has 0 bridgehead atoms. The summed E-state index contributed by atoms with van der Waals surface area (Å²) in [5.41, 5.74) is 1.51. The number of anilines is 1. The van der Waals surface area contributed by atoms with E-state index in [0.29, 0.717) is 0 Å². The largest absolute Gasteiger partial charge is 0.277 e. The van der Waals surface area contributed by atoms with E-state index in [9.17, 15) is 27.3 Å². The molecule has 1 N–H and O–H groups in total. The summed E-state index contributed by atoms with van der Waals surface area (Å²) in [6.45, 7) is 3.57. The van der Waals surface area contributed by atoms with Gasteiger partial charge >= 0.3 is 0 Å². The Morgan fingerprint density at radius 3 is 2.32 bits per heavy atom. The highest BCUT2D eigenvalue weighted by atomic mass is 32.2. The van der Waals surface area contributed by atoms with E-state index in [1.54, 1.807) is 13.8 Å². The monoisotopic (exact) mass is 412 g/mol. The fourth-order valence-corrected chi connectivity index (χ4v) is 4.05. The molecule has 0 heterocycles. The van der Waals surface area contributed by atoms with Gasteiger partial charge in [-0.05, 0) is 18.2 Å². The molecule has 0 fully saturated rings. The average Bonchev–Trinajstić information content (AvgIpc) is 2.64. The van der Waals surface area contributed by atoms with Crippen LogP contribution in [0.4, 0.5) is 20.2 Å². The number of sulfonamides is 1. The van der Waals surface area contributed by atoms with Gasteiger partial charge < -0.3 is 0 Å². The van der Waals surface area contributed by atoms with Gasteiger partial charge in [0.2, 0.25) is 10.0 Å². The van der Waals surface area contributed by atoms with Crippen LogP contribution in [0.25, 0.3) is 0 Å². The second-order valence-electron chi connectivity index (χ2n) is 5.53. The summed E-state index contributed by atoms with van der Waals surface area (Å²) in [6.07, 6.45) is 0.861. The lowest BCUT2D eigenvalue weighted by atomic mass is 10.2. The molecule has 0 atom stereocenters. The van der Waals surface area contributed by atoms with Crippen molar-refractivity contribution in [3.05, 3.63) is 63.7 Å². The lowest BCUT2D eigenvalue weighted by molar-refractivity contribution is -0.385. The van der Waals surface area contributed by atoms with Crippen LogP contribution in [-0.4, -0.2) is 37.0 Å². The standard InChI is InChI=1S/C17H18F2N4O4S/c1-3-22(4-2)28(26,27)17-10-12(23(24)25)8-9-16(17)21-20-11-13-14(18)6-5-7-15(13)19/h5-11,21H,3-4H2,1-2H3/b20-11-. The van der Waals surface area contributed by atoms with Crippen LogP contribution in [0.5, 0.6) is 0 Å². The second kappa shape index (κ2) is 8.85. The molecule has 8 nitrogen and oxygen atoms in total. The Morgan fingerprint density at radius 1 is 1.18 bits per heavy atom. The molecule has 11 heteroatoms. The first-order chi connectivity index (χ1) is 13.2. The summed E-state index contributed by atoms with van der Waals surface area (Å²) >= 11 is 0. The zero-order valence-corrected chi connectivity index (χ0v) is 15.9. The van der Waals surface area contributed by atoms with Gasteiger partial charge in [0.1, 0.15) is 16.5 Å². The Kier molecular flexibility index (Phi) is 6.75. The van der Waals surface area contributed by atoms with Crippen molar-refractivity contribution >= 4 is 27.6 Å². The number of hydrogen-bond acceptors (Lipinski definition) is 6. The maximum Gasteiger partial charge on any atom is 0.270 e. The third-order valence-corrected chi connectivity index (χ3v) is 5.97. The Labute approximate surface area is 160 Å². The van der Waals surface area contributed by atoms with Crippen LogP contribution >= 0.6 is 0 Å². The highest BCUT2D eigenvalue weighted by Crippen LogP contribution is 2.29. The average molecular weight is 412 g/mol.